The fourth-order valence-corrected chi connectivity index (χ4v) is 5.32. The van der Waals surface area contributed by atoms with Crippen molar-refractivity contribution in [3.63, 3.8) is 0 Å². The maximum absolute atomic E-state index is 11.4. The van der Waals surface area contributed by atoms with Crippen LogP contribution in [0.15, 0.2) is 0 Å². The number of rotatable bonds is 1. The predicted molar refractivity (Wildman–Crippen MR) is 60.8 cm³/mol. The molecule has 0 aliphatic carbocycles. The number of nitrogens with one attached hydrogen (secondary N) is 1. The molecule has 0 aromatic rings. The zero-order chi connectivity index (χ0) is 10.6. The first kappa shape index (κ1) is 12.2. The van der Waals surface area contributed by atoms with E-state index in [9.17, 15) is 4.79 Å². The van der Waals surface area contributed by atoms with Crippen LogP contribution in [-0.4, -0.2) is 37.3 Å². The first-order chi connectivity index (χ1) is 6.47. The molecule has 0 saturated carbocycles. The van der Waals surface area contributed by atoms with Crippen LogP contribution in [0.2, 0.25) is 5.32 Å². The van der Waals surface area contributed by atoms with E-state index in [1.165, 1.54) is 5.75 Å². The van der Waals surface area contributed by atoms with E-state index in [0.29, 0.717) is 19.9 Å². The number of ether oxygens (including phenoxy) is 1. The van der Waals surface area contributed by atoms with Gasteiger partial charge in [-0.25, -0.2) is 0 Å². The van der Waals surface area contributed by atoms with Crippen LogP contribution in [0, 0.1) is 0 Å². The molecule has 0 aromatic heterocycles. The van der Waals surface area contributed by atoms with Crippen LogP contribution in [-0.2, 0) is 4.74 Å². The van der Waals surface area contributed by atoms with Crippen LogP contribution in [0.25, 0.3) is 0 Å². The van der Waals surface area contributed by atoms with Crippen LogP contribution in [0.4, 0.5) is 4.79 Å². The minimum absolute atomic E-state index is 0.273. The summed E-state index contributed by atoms with van der Waals surface area (Å²) in [5.41, 5.74) is -0.390. The van der Waals surface area contributed by atoms with Gasteiger partial charge in [-0.3, -0.25) is 0 Å². The summed E-state index contributed by atoms with van der Waals surface area (Å²) in [7, 11) is 2.01. The molecule has 1 N–H and O–H groups in total. The zero-order valence-electron chi connectivity index (χ0n) is 8.83. The van der Waals surface area contributed by atoms with E-state index in [4.69, 9.17) is 4.74 Å². The maximum atomic E-state index is 11.4. The molecule has 0 unspecified atom stereocenters. The summed E-state index contributed by atoms with van der Waals surface area (Å²) in [4.78, 5) is 11.4. The van der Waals surface area contributed by atoms with E-state index in [-0.39, 0.29) is 6.09 Å². The monoisotopic (exact) mass is 283 g/mol. The zero-order valence-corrected chi connectivity index (χ0v) is 11.4. The molecule has 82 valence electrons. The quantitative estimate of drug-likeness (QED) is 0.748. The molecule has 0 bridgehead atoms. The number of alkyl carbamates (subject to hydrolysis) is 1. The Balaban J connectivity index is 2.25. The van der Waals surface area contributed by atoms with Crippen molar-refractivity contribution in [2.24, 2.45) is 0 Å². The Labute approximate surface area is 94.9 Å². The normalized spacial score (nSPS) is 22.9. The Bertz CT molecular complexity index is 199. The molecule has 0 spiro atoms. The van der Waals surface area contributed by atoms with Gasteiger partial charge in [0.05, 0.1) is 0 Å². The van der Waals surface area contributed by atoms with Gasteiger partial charge >= 0.3 is 94.9 Å². The standard InChI is InChI=1S/C9H17NO2SSe/c1-9(2,3)12-8(11)10-7-4-5-13-14-6-7/h7H,4-6H2,1-3H3,(H,10,11)/t7-/m0/s1. The minimum atomic E-state index is -0.390. The van der Waals surface area contributed by atoms with Crippen molar-refractivity contribution >= 4 is 30.1 Å². The molecule has 0 radical (unpaired) electrons. The topological polar surface area (TPSA) is 38.3 Å². The van der Waals surface area contributed by atoms with Crippen molar-refractivity contribution in [1.29, 1.82) is 0 Å². The second-order valence-corrected chi connectivity index (χ2v) is 8.78. The third-order valence-electron chi connectivity index (χ3n) is 1.62. The summed E-state index contributed by atoms with van der Waals surface area (Å²) in [6, 6.07) is 0.339. The molecule has 1 aliphatic heterocycles. The first-order valence-corrected chi connectivity index (χ1v) is 8.93. The van der Waals surface area contributed by atoms with Gasteiger partial charge in [-0.2, -0.15) is 0 Å². The third-order valence-corrected chi connectivity index (χ3v) is 6.13. The fourth-order valence-electron chi connectivity index (χ4n) is 1.05. The molecule has 1 fully saturated rings. The molecule has 1 aliphatic rings. The molecule has 0 aromatic carbocycles. The van der Waals surface area contributed by atoms with Gasteiger partial charge in [0.1, 0.15) is 0 Å². The van der Waals surface area contributed by atoms with Crippen molar-refractivity contribution in [3.05, 3.63) is 0 Å². The van der Waals surface area contributed by atoms with E-state index in [1.54, 1.807) is 0 Å². The second kappa shape index (κ2) is 5.29. The number of carbonyl (C=O) groups is 1. The van der Waals surface area contributed by atoms with Crippen LogP contribution < -0.4 is 5.32 Å². The number of hydrogen-bond donors (Lipinski definition) is 1. The summed E-state index contributed by atoms with van der Waals surface area (Å²) < 4.78 is 5.19. The van der Waals surface area contributed by atoms with Crippen molar-refractivity contribution in [2.75, 3.05) is 5.75 Å². The first-order valence-electron chi connectivity index (χ1n) is 4.71. The molecule has 5 heteroatoms. The van der Waals surface area contributed by atoms with E-state index in [2.05, 4.69) is 5.32 Å². The second-order valence-electron chi connectivity index (χ2n) is 4.24. The molecular weight excluding hydrogens is 265 g/mol. The van der Waals surface area contributed by atoms with Gasteiger partial charge in [0.25, 0.3) is 0 Å². The van der Waals surface area contributed by atoms with Gasteiger partial charge in [0.2, 0.25) is 0 Å². The van der Waals surface area contributed by atoms with Crippen LogP contribution in [0.1, 0.15) is 27.2 Å². The molecule has 1 atom stereocenters. The molecule has 1 heterocycles. The number of amides is 1. The van der Waals surface area contributed by atoms with Gasteiger partial charge in [-0.15, -0.1) is 0 Å². The third kappa shape index (κ3) is 5.13. The Morgan fingerprint density at radius 2 is 2.29 bits per heavy atom. The Kier molecular flexibility index (Phi) is 4.61. The summed E-state index contributed by atoms with van der Waals surface area (Å²) in [5, 5.41) is 4.04. The molecule has 1 saturated heterocycles. The molecule has 14 heavy (non-hydrogen) atoms. The molecule has 3 nitrogen and oxygen atoms in total. The van der Waals surface area contributed by atoms with Crippen molar-refractivity contribution in [2.45, 2.75) is 44.2 Å². The van der Waals surface area contributed by atoms with Crippen LogP contribution >= 0.6 is 10.2 Å². The van der Waals surface area contributed by atoms with E-state index >= 15 is 0 Å². The van der Waals surface area contributed by atoms with E-state index in [1.807, 2.05) is 31.0 Å². The SMILES string of the molecule is CC(C)(C)OC(=O)N[C@H]1CCS[Se]C1. The van der Waals surface area contributed by atoms with Crippen molar-refractivity contribution in [3.8, 4) is 0 Å². The number of carbonyl (C=O) groups excluding carboxylic acids is 1. The summed E-state index contributed by atoms with van der Waals surface area (Å²) in [6.07, 6.45) is 0.802. The van der Waals surface area contributed by atoms with Crippen LogP contribution in [0.3, 0.4) is 0 Å². The van der Waals surface area contributed by atoms with Gasteiger partial charge in [-0.05, 0) is 0 Å². The van der Waals surface area contributed by atoms with Gasteiger partial charge in [0.15, 0.2) is 0 Å². The van der Waals surface area contributed by atoms with E-state index in [0.717, 1.165) is 11.7 Å². The van der Waals surface area contributed by atoms with Crippen molar-refractivity contribution in [1.82, 2.24) is 5.32 Å². The molecule has 1 amide bonds. The Hall–Kier alpha value is 0.139. The Morgan fingerprint density at radius 1 is 1.57 bits per heavy atom. The van der Waals surface area contributed by atoms with Crippen LogP contribution in [0.5, 0.6) is 0 Å². The molecule has 1 rings (SSSR count). The molecular formula is C9H17NO2SSe. The Morgan fingerprint density at radius 3 is 2.79 bits per heavy atom. The average Bonchev–Trinajstić information content (AvgIpc) is 2.02. The summed E-state index contributed by atoms with van der Waals surface area (Å²) >= 11 is 0.637. The van der Waals surface area contributed by atoms with Gasteiger partial charge in [-0.1, -0.05) is 0 Å². The summed E-state index contributed by atoms with van der Waals surface area (Å²) in [5.74, 6) is 1.17. The van der Waals surface area contributed by atoms with Gasteiger partial charge < -0.3 is 0 Å². The van der Waals surface area contributed by atoms with Crippen molar-refractivity contribution < 1.29 is 9.53 Å². The summed E-state index contributed by atoms with van der Waals surface area (Å²) in [6.45, 7) is 5.65. The number of hydrogen-bond acceptors (Lipinski definition) is 3. The fraction of sp³-hybridized carbons (Fsp3) is 0.889. The predicted octanol–water partition coefficient (Wildman–Crippen LogP) is 2.05. The average molecular weight is 282 g/mol. The van der Waals surface area contributed by atoms with E-state index < -0.39 is 5.60 Å². The van der Waals surface area contributed by atoms with Gasteiger partial charge in [0, 0.05) is 0 Å².